The molecule has 0 aromatic heterocycles. The maximum absolute atomic E-state index is 12.6. The van der Waals surface area contributed by atoms with Crippen molar-refractivity contribution in [3.8, 4) is 0 Å². The van der Waals surface area contributed by atoms with Crippen molar-refractivity contribution < 1.29 is 9.22 Å². The van der Waals surface area contributed by atoms with E-state index in [-0.39, 0.29) is 11.1 Å². The highest BCUT2D eigenvalue weighted by Gasteiger charge is 2.46. The molecule has 3 heteroatoms. The Labute approximate surface area is 141 Å². The van der Waals surface area contributed by atoms with E-state index < -0.39 is 8.32 Å². The molecule has 0 radical (unpaired) electrons. The van der Waals surface area contributed by atoms with Gasteiger partial charge in [-0.2, -0.15) is 0 Å². The van der Waals surface area contributed by atoms with Crippen LogP contribution in [0.1, 0.15) is 45.6 Å². The second kappa shape index (κ2) is 5.71. The molecule has 2 nitrogen and oxygen atoms in total. The van der Waals surface area contributed by atoms with Crippen molar-refractivity contribution in [2.45, 2.75) is 64.3 Å². The van der Waals surface area contributed by atoms with Gasteiger partial charge in [0, 0.05) is 17.9 Å². The summed E-state index contributed by atoms with van der Waals surface area (Å²) in [5, 5.41) is 0.213. The van der Waals surface area contributed by atoms with Crippen LogP contribution < -0.4 is 0 Å². The first-order chi connectivity index (χ1) is 10.7. The summed E-state index contributed by atoms with van der Waals surface area (Å²) in [4.78, 5) is 12.6. The van der Waals surface area contributed by atoms with E-state index in [4.69, 9.17) is 4.43 Å². The lowest BCUT2D eigenvalue weighted by Crippen LogP contribution is -2.44. The Bertz CT molecular complexity index is 637. The second-order valence-corrected chi connectivity index (χ2v) is 13.2. The topological polar surface area (TPSA) is 26.3 Å². The fourth-order valence-electron chi connectivity index (χ4n) is 3.60. The smallest absolute Gasteiger partial charge is 0.192 e. The third-order valence-corrected chi connectivity index (χ3v) is 10.4. The van der Waals surface area contributed by atoms with Crippen molar-refractivity contribution >= 4 is 19.7 Å². The van der Waals surface area contributed by atoms with E-state index in [0.29, 0.717) is 18.1 Å². The quantitative estimate of drug-likeness (QED) is 0.712. The summed E-state index contributed by atoms with van der Waals surface area (Å²) in [7, 11) is -1.79. The van der Waals surface area contributed by atoms with Gasteiger partial charge in [0.25, 0.3) is 0 Å². The molecule has 0 amide bonds. The van der Waals surface area contributed by atoms with Crippen molar-refractivity contribution in [2.75, 3.05) is 0 Å². The minimum Gasteiger partial charge on any atom is -0.413 e. The van der Waals surface area contributed by atoms with Gasteiger partial charge in [-0.1, -0.05) is 56.7 Å². The Morgan fingerprint density at radius 2 is 1.78 bits per heavy atom. The molecule has 0 saturated heterocycles. The highest BCUT2D eigenvalue weighted by Crippen LogP contribution is 2.49. The summed E-state index contributed by atoms with van der Waals surface area (Å²) in [6.07, 6.45) is 2.95. The number of hydrogen-bond acceptors (Lipinski definition) is 2. The molecule has 1 saturated carbocycles. The third-order valence-electron chi connectivity index (χ3n) is 5.91. The number of benzene rings is 1. The van der Waals surface area contributed by atoms with Gasteiger partial charge in [0.05, 0.1) is 6.10 Å². The van der Waals surface area contributed by atoms with E-state index >= 15 is 0 Å². The van der Waals surface area contributed by atoms with E-state index in [1.165, 1.54) is 5.57 Å². The molecule has 2 aliphatic rings. The summed E-state index contributed by atoms with van der Waals surface area (Å²) in [6, 6.07) is 10.2. The molecule has 1 fully saturated rings. The second-order valence-electron chi connectivity index (χ2n) is 8.46. The van der Waals surface area contributed by atoms with Gasteiger partial charge < -0.3 is 4.43 Å². The summed E-state index contributed by atoms with van der Waals surface area (Å²) in [6.45, 7) is 11.5. The first kappa shape index (κ1) is 16.7. The minimum atomic E-state index is -1.79. The molecule has 1 aromatic carbocycles. The largest absolute Gasteiger partial charge is 0.413 e. The van der Waals surface area contributed by atoms with Crippen LogP contribution in [0.3, 0.4) is 0 Å². The maximum atomic E-state index is 12.6. The van der Waals surface area contributed by atoms with E-state index in [0.717, 1.165) is 24.0 Å². The molecule has 23 heavy (non-hydrogen) atoms. The van der Waals surface area contributed by atoms with E-state index in [1.54, 1.807) is 0 Å². The summed E-state index contributed by atoms with van der Waals surface area (Å²) in [5.74, 6) is 0.617. The van der Waals surface area contributed by atoms with Gasteiger partial charge in [0.1, 0.15) is 0 Å². The average molecular weight is 329 g/mol. The predicted octanol–water partition coefficient (Wildman–Crippen LogP) is 5.21. The highest BCUT2D eigenvalue weighted by atomic mass is 28.4. The molecule has 0 bridgehead atoms. The van der Waals surface area contributed by atoms with Crippen LogP contribution in [0.25, 0.3) is 5.57 Å². The number of ketones is 1. The zero-order chi connectivity index (χ0) is 16.8. The van der Waals surface area contributed by atoms with Gasteiger partial charge >= 0.3 is 0 Å². The molecule has 3 rings (SSSR count). The standard InChI is InChI=1S/C20H28O2Si/c1-20(2,3)23(4,5)22-18-12-11-15-16(18)13-17(21)19(15)14-9-7-6-8-10-14/h6-10,16,18H,11-13H2,1-5H3/t16-,18+/m1/s1. The molecule has 0 heterocycles. The van der Waals surface area contributed by atoms with Crippen molar-refractivity contribution in [3.05, 3.63) is 41.5 Å². The lowest BCUT2D eigenvalue weighted by Gasteiger charge is -2.39. The van der Waals surface area contributed by atoms with Crippen LogP contribution in [0.4, 0.5) is 0 Å². The zero-order valence-electron chi connectivity index (χ0n) is 15.0. The Morgan fingerprint density at radius 3 is 2.39 bits per heavy atom. The minimum absolute atomic E-state index is 0.213. The Balaban J connectivity index is 1.87. The Kier molecular flexibility index (Phi) is 4.14. The van der Waals surface area contributed by atoms with Gasteiger partial charge in [0.15, 0.2) is 14.1 Å². The number of allylic oxidation sites excluding steroid dienone is 1. The van der Waals surface area contributed by atoms with Gasteiger partial charge in [-0.05, 0) is 36.5 Å². The highest BCUT2D eigenvalue weighted by molar-refractivity contribution is 6.74. The lowest BCUT2D eigenvalue weighted by molar-refractivity contribution is -0.114. The van der Waals surface area contributed by atoms with Gasteiger partial charge in [0.2, 0.25) is 0 Å². The van der Waals surface area contributed by atoms with Crippen molar-refractivity contribution in [2.24, 2.45) is 5.92 Å². The monoisotopic (exact) mass is 328 g/mol. The summed E-state index contributed by atoms with van der Waals surface area (Å²) in [5.41, 5.74) is 3.42. The first-order valence-electron chi connectivity index (χ1n) is 8.70. The molecule has 0 N–H and O–H groups in total. The molecule has 0 aliphatic heterocycles. The molecule has 0 spiro atoms. The van der Waals surface area contributed by atoms with Crippen molar-refractivity contribution in [1.82, 2.24) is 0 Å². The number of carbonyl (C=O) groups excluding carboxylic acids is 1. The predicted molar refractivity (Wildman–Crippen MR) is 97.8 cm³/mol. The van der Waals surface area contributed by atoms with Crippen LogP contribution in [0.2, 0.25) is 18.1 Å². The van der Waals surface area contributed by atoms with Crippen molar-refractivity contribution in [3.63, 3.8) is 0 Å². The normalized spacial score (nSPS) is 25.2. The average Bonchev–Trinajstić information content (AvgIpc) is 2.97. The maximum Gasteiger partial charge on any atom is 0.192 e. The van der Waals surface area contributed by atoms with E-state index in [1.807, 2.05) is 18.2 Å². The van der Waals surface area contributed by atoms with Crippen LogP contribution in [-0.4, -0.2) is 20.2 Å². The van der Waals surface area contributed by atoms with Crippen LogP contribution in [0.15, 0.2) is 35.9 Å². The van der Waals surface area contributed by atoms with E-state index in [2.05, 4.69) is 46.0 Å². The fourth-order valence-corrected chi connectivity index (χ4v) is 4.99. The number of rotatable bonds is 3. The third kappa shape index (κ3) is 2.97. The first-order valence-corrected chi connectivity index (χ1v) is 11.6. The molecule has 0 unspecified atom stereocenters. The molecule has 124 valence electrons. The van der Waals surface area contributed by atoms with Gasteiger partial charge in [-0.3, -0.25) is 4.79 Å². The molecule has 2 atom stereocenters. The number of hydrogen-bond donors (Lipinski definition) is 0. The molecule has 2 aliphatic carbocycles. The summed E-state index contributed by atoms with van der Waals surface area (Å²) < 4.78 is 6.66. The van der Waals surface area contributed by atoms with Crippen LogP contribution in [0, 0.1) is 5.92 Å². The van der Waals surface area contributed by atoms with Crippen LogP contribution in [-0.2, 0) is 9.22 Å². The van der Waals surface area contributed by atoms with Gasteiger partial charge in [-0.25, -0.2) is 0 Å². The summed E-state index contributed by atoms with van der Waals surface area (Å²) >= 11 is 0. The lowest BCUT2D eigenvalue weighted by atomic mass is 10.00. The Morgan fingerprint density at radius 1 is 1.13 bits per heavy atom. The van der Waals surface area contributed by atoms with Gasteiger partial charge in [-0.15, -0.1) is 0 Å². The number of Topliss-reactive ketones (excluding diaryl/α,β-unsaturated/α-hetero) is 1. The van der Waals surface area contributed by atoms with Crippen LogP contribution in [0.5, 0.6) is 0 Å². The van der Waals surface area contributed by atoms with Crippen LogP contribution >= 0.6 is 0 Å². The number of carbonyl (C=O) groups is 1. The van der Waals surface area contributed by atoms with Crippen molar-refractivity contribution in [1.29, 1.82) is 0 Å². The Hall–Kier alpha value is -1.19. The zero-order valence-corrected chi connectivity index (χ0v) is 16.0. The number of fused-ring (bicyclic) bond motifs is 1. The fraction of sp³-hybridized carbons (Fsp3) is 0.550. The molecule has 1 aromatic rings. The molecular weight excluding hydrogens is 300 g/mol. The van der Waals surface area contributed by atoms with E-state index in [9.17, 15) is 4.79 Å². The molecular formula is C20H28O2Si. The SMILES string of the molecule is CC(C)(C)[Si](C)(C)O[C@H]1CCC2=C(c3ccccc3)C(=O)C[C@H]21.